The van der Waals surface area contributed by atoms with E-state index >= 15 is 0 Å². The van der Waals surface area contributed by atoms with Gasteiger partial charge in [-0.25, -0.2) is 18.8 Å². The van der Waals surface area contributed by atoms with Gasteiger partial charge in [-0.15, -0.1) is 0 Å². The van der Waals surface area contributed by atoms with Crippen LogP contribution in [0.3, 0.4) is 0 Å². The average Bonchev–Trinajstić information content (AvgIpc) is 2.91. The SMILES string of the molecule is COc1ccc2cc(C=NNC(=O)CN(c3ccc(Cl)c(C(F)(F)F)c3)S(=O)(=O)c3ccc(C)cc3)c(Cl)nc2c1. The minimum Gasteiger partial charge on any atom is -0.497 e. The molecule has 0 aliphatic heterocycles. The summed E-state index contributed by atoms with van der Waals surface area (Å²) in [6.45, 7) is 0.846. The monoisotopic (exact) mass is 624 g/mol. The molecule has 4 rings (SSSR count). The van der Waals surface area contributed by atoms with Crippen molar-refractivity contribution in [1.82, 2.24) is 10.4 Å². The summed E-state index contributed by atoms with van der Waals surface area (Å²) in [5.41, 5.74) is 2.18. The van der Waals surface area contributed by atoms with Crippen molar-refractivity contribution in [3.8, 4) is 5.75 Å². The average molecular weight is 625 g/mol. The van der Waals surface area contributed by atoms with Crippen molar-refractivity contribution in [3.63, 3.8) is 0 Å². The smallest absolute Gasteiger partial charge is 0.417 e. The number of rotatable bonds is 8. The third-order valence-electron chi connectivity index (χ3n) is 5.84. The lowest BCUT2D eigenvalue weighted by Crippen LogP contribution is -2.39. The van der Waals surface area contributed by atoms with Crippen LogP contribution in [0.15, 0.2) is 76.7 Å². The van der Waals surface area contributed by atoms with Gasteiger partial charge in [-0.1, -0.05) is 40.9 Å². The Morgan fingerprint density at radius 1 is 1.07 bits per heavy atom. The van der Waals surface area contributed by atoms with Crippen molar-refractivity contribution in [1.29, 1.82) is 0 Å². The Labute approximate surface area is 243 Å². The number of halogens is 5. The molecular formula is C27H21Cl2F3N4O4S. The molecule has 1 heterocycles. The van der Waals surface area contributed by atoms with Crippen LogP contribution in [0.2, 0.25) is 10.2 Å². The number of amides is 1. The van der Waals surface area contributed by atoms with Crippen LogP contribution in [0.5, 0.6) is 5.75 Å². The number of carbonyl (C=O) groups excluding carboxylic acids is 1. The maximum atomic E-state index is 13.5. The molecule has 1 aromatic heterocycles. The van der Waals surface area contributed by atoms with E-state index in [0.717, 1.165) is 17.7 Å². The van der Waals surface area contributed by atoms with Crippen molar-refractivity contribution in [2.45, 2.75) is 18.0 Å². The van der Waals surface area contributed by atoms with Gasteiger partial charge in [0.15, 0.2) is 0 Å². The zero-order valence-corrected chi connectivity index (χ0v) is 23.7. The zero-order valence-electron chi connectivity index (χ0n) is 21.4. The van der Waals surface area contributed by atoms with Crippen molar-refractivity contribution in [3.05, 3.63) is 93.6 Å². The zero-order chi connectivity index (χ0) is 29.9. The molecule has 1 amide bonds. The Morgan fingerprint density at radius 2 is 1.78 bits per heavy atom. The molecule has 8 nitrogen and oxygen atoms in total. The lowest BCUT2D eigenvalue weighted by Gasteiger charge is -2.25. The molecule has 14 heteroatoms. The van der Waals surface area contributed by atoms with Gasteiger partial charge in [0.25, 0.3) is 15.9 Å². The fourth-order valence-electron chi connectivity index (χ4n) is 3.73. The number of anilines is 1. The molecule has 41 heavy (non-hydrogen) atoms. The van der Waals surface area contributed by atoms with Gasteiger partial charge < -0.3 is 4.74 Å². The largest absolute Gasteiger partial charge is 0.497 e. The quantitative estimate of drug-likeness (QED) is 0.142. The molecule has 4 aromatic rings. The molecule has 0 fully saturated rings. The Kier molecular flexibility index (Phi) is 8.76. The molecule has 0 radical (unpaired) electrons. The maximum absolute atomic E-state index is 13.5. The molecule has 0 spiro atoms. The van der Waals surface area contributed by atoms with Crippen molar-refractivity contribution < 1.29 is 31.1 Å². The van der Waals surface area contributed by atoms with E-state index in [1.807, 2.05) is 0 Å². The number of ether oxygens (including phenoxy) is 1. The Morgan fingerprint density at radius 3 is 2.44 bits per heavy atom. The van der Waals surface area contributed by atoms with Crippen LogP contribution in [-0.4, -0.2) is 39.2 Å². The Hall–Kier alpha value is -3.87. The summed E-state index contributed by atoms with van der Waals surface area (Å²) in [7, 11) is -2.97. The van der Waals surface area contributed by atoms with Crippen molar-refractivity contribution >= 4 is 61.9 Å². The molecule has 0 atom stereocenters. The number of sulfonamides is 1. The second-order valence-electron chi connectivity index (χ2n) is 8.71. The Balaban J connectivity index is 1.63. The molecule has 0 saturated heterocycles. The van der Waals surface area contributed by atoms with E-state index in [-0.39, 0.29) is 10.0 Å². The predicted molar refractivity (Wildman–Crippen MR) is 151 cm³/mol. The first-order valence-corrected chi connectivity index (χ1v) is 13.9. The summed E-state index contributed by atoms with van der Waals surface area (Å²) in [5.74, 6) is -0.349. The highest BCUT2D eigenvalue weighted by molar-refractivity contribution is 7.92. The van der Waals surface area contributed by atoms with Gasteiger partial charge in [-0.2, -0.15) is 18.3 Å². The lowest BCUT2D eigenvalue weighted by atomic mass is 10.1. The van der Waals surface area contributed by atoms with Crippen LogP contribution < -0.4 is 14.5 Å². The van der Waals surface area contributed by atoms with Gasteiger partial charge in [0, 0.05) is 17.0 Å². The molecule has 0 saturated carbocycles. The number of carbonyl (C=O) groups is 1. The molecule has 0 bridgehead atoms. The fourth-order valence-corrected chi connectivity index (χ4v) is 5.57. The standard InChI is InChI=1S/C27H21Cl2F3N4O4S/c1-16-3-8-21(9-4-16)41(38,39)36(19-6-10-23(28)22(12-19)27(30,31)32)15-25(37)35-33-14-18-11-17-5-7-20(40-2)13-24(17)34-26(18)29/h3-14H,15H2,1-2H3,(H,35,37). The fraction of sp³-hybridized carbons (Fsp3) is 0.148. The predicted octanol–water partition coefficient (Wildman–Crippen LogP) is 6.22. The van der Waals surface area contributed by atoms with E-state index < -0.39 is 44.9 Å². The number of aryl methyl sites for hydroxylation is 1. The number of benzene rings is 3. The summed E-state index contributed by atoms with van der Waals surface area (Å²) >= 11 is 12.0. The Bertz CT molecular complexity index is 1750. The van der Waals surface area contributed by atoms with E-state index in [0.29, 0.717) is 32.6 Å². The summed E-state index contributed by atoms with van der Waals surface area (Å²) < 4.78 is 73.3. The molecule has 1 N–H and O–H groups in total. The van der Waals surface area contributed by atoms with Crippen LogP contribution in [0, 0.1) is 6.92 Å². The molecule has 3 aromatic carbocycles. The first-order valence-electron chi connectivity index (χ1n) is 11.7. The molecule has 0 unspecified atom stereocenters. The number of alkyl halides is 3. The van der Waals surface area contributed by atoms with E-state index in [1.165, 1.54) is 37.6 Å². The minimum absolute atomic E-state index is 0.0770. The van der Waals surface area contributed by atoms with Crippen LogP contribution in [0.1, 0.15) is 16.7 Å². The summed E-state index contributed by atoms with van der Waals surface area (Å²) in [5, 5.41) is 3.99. The summed E-state index contributed by atoms with van der Waals surface area (Å²) in [6, 6.07) is 15.0. The van der Waals surface area contributed by atoms with Gasteiger partial charge in [0.1, 0.15) is 17.4 Å². The number of aromatic nitrogens is 1. The molecule has 0 aliphatic rings. The number of hydrazone groups is 1. The number of hydrogen-bond donors (Lipinski definition) is 1. The maximum Gasteiger partial charge on any atom is 0.417 e. The number of nitrogens with zero attached hydrogens (tertiary/aromatic N) is 3. The van der Waals surface area contributed by atoms with E-state index in [1.54, 1.807) is 31.2 Å². The highest BCUT2D eigenvalue weighted by Crippen LogP contribution is 2.38. The minimum atomic E-state index is -4.86. The third kappa shape index (κ3) is 6.89. The number of hydrogen-bond acceptors (Lipinski definition) is 6. The van der Waals surface area contributed by atoms with Crippen LogP contribution >= 0.6 is 23.2 Å². The number of fused-ring (bicyclic) bond motifs is 1. The topological polar surface area (TPSA) is 101 Å². The van der Waals surface area contributed by atoms with Crippen LogP contribution in [0.25, 0.3) is 10.9 Å². The molecule has 0 aliphatic carbocycles. The number of pyridine rings is 1. The number of methoxy groups -OCH3 is 1. The first-order chi connectivity index (χ1) is 19.3. The second kappa shape index (κ2) is 11.9. The first kappa shape index (κ1) is 30.1. The molecule has 214 valence electrons. The van der Waals surface area contributed by atoms with E-state index in [2.05, 4.69) is 15.5 Å². The van der Waals surface area contributed by atoms with Gasteiger partial charge in [-0.05, 0) is 55.5 Å². The number of nitrogens with one attached hydrogen (secondary N) is 1. The van der Waals surface area contributed by atoms with Crippen LogP contribution in [0.4, 0.5) is 18.9 Å². The van der Waals surface area contributed by atoms with Crippen LogP contribution in [-0.2, 0) is 21.0 Å². The summed E-state index contributed by atoms with van der Waals surface area (Å²) in [6.07, 6.45) is -3.66. The van der Waals surface area contributed by atoms with Gasteiger partial charge in [-0.3, -0.25) is 9.10 Å². The molecular weight excluding hydrogens is 604 g/mol. The second-order valence-corrected chi connectivity index (χ2v) is 11.3. The normalized spacial score (nSPS) is 12.1. The highest BCUT2D eigenvalue weighted by atomic mass is 35.5. The van der Waals surface area contributed by atoms with E-state index in [9.17, 15) is 26.4 Å². The van der Waals surface area contributed by atoms with E-state index in [4.69, 9.17) is 27.9 Å². The van der Waals surface area contributed by atoms with Gasteiger partial charge >= 0.3 is 6.18 Å². The highest BCUT2D eigenvalue weighted by Gasteiger charge is 2.35. The van der Waals surface area contributed by atoms with Gasteiger partial charge in [0.05, 0.1) is 40.0 Å². The van der Waals surface area contributed by atoms with Crippen molar-refractivity contribution in [2.24, 2.45) is 5.10 Å². The van der Waals surface area contributed by atoms with Crippen molar-refractivity contribution in [2.75, 3.05) is 18.0 Å². The third-order valence-corrected chi connectivity index (χ3v) is 8.26. The van der Waals surface area contributed by atoms with Gasteiger partial charge in [0.2, 0.25) is 0 Å². The lowest BCUT2D eigenvalue weighted by molar-refractivity contribution is -0.137. The summed E-state index contributed by atoms with van der Waals surface area (Å²) in [4.78, 5) is 16.9.